The summed E-state index contributed by atoms with van der Waals surface area (Å²) in [6.07, 6.45) is 1.02. The van der Waals surface area contributed by atoms with Gasteiger partial charge in [-0.25, -0.2) is 18.2 Å². The smallest absolute Gasteiger partial charge is 0.337 e. The van der Waals surface area contributed by atoms with E-state index in [0.29, 0.717) is 33.6 Å². The molecule has 1 aliphatic rings. The number of methoxy groups -OCH3 is 1. The zero-order valence-electron chi connectivity index (χ0n) is 16.8. The van der Waals surface area contributed by atoms with Crippen molar-refractivity contribution in [2.75, 3.05) is 19.0 Å². The van der Waals surface area contributed by atoms with Crippen LogP contribution in [0.25, 0.3) is 11.3 Å². The van der Waals surface area contributed by atoms with E-state index in [0.717, 1.165) is 16.9 Å². The van der Waals surface area contributed by atoms with E-state index in [1.165, 1.54) is 34.9 Å². The van der Waals surface area contributed by atoms with Crippen LogP contribution < -0.4 is 5.32 Å². The van der Waals surface area contributed by atoms with Gasteiger partial charge in [-0.1, -0.05) is 23.7 Å². The minimum absolute atomic E-state index is 0.120. The molecule has 12 heteroatoms. The van der Waals surface area contributed by atoms with Gasteiger partial charge in [-0.05, 0) is 37.1 Å². The molecule has 1 N–H and O–H groups in total. The number of benzene rings is 1. The summed E-state index contributed by atoms with van der Waals surface area (Å²) < 4.78 is 32.3. The number of esters is 1. The van der Waals surface area contributed by atoms with Crippen molar-refractivity contribution in [1.29, 1.82) is 0 Å². The predicted molar refractivity (Wildman–Crippen MR) is 124 cm³/mol. The molecule has 2 aromatic heterocycles. The number of amides is 1. The summed E-state index contributed by atoms with van der Waals surface area (Å²) >= 11 is 8.10. The fourth-order valence-electron chi connectivity index (χ4n) is 3.39. The number of rotatable bonds is 6. The van der Waals surface area contributed by atoms with E-state index in [-0.39, 0.29) is 10.8 Å². The lowest BCUT2D eigenvalue weighted by atomic mass is 10.1. The van der Waals surface area contributed by atoms with Crippen LogP contribution in [0.3, 0.4) is 0 Å². The Morgan fingerprint density at radius 2 is 1.97 bits per heavy atom. The summed E-state index contributed by atoms with van der Waals surface area (Å²) in [7, 11) is -2.49. The van der Waals surface area contributed by atoms with Crippen LogP contribution >= 0.6 is 34.3 Å². The Hall–Kier alpha value is -2.31. The molecule has 1 fully saturated rings. The number of thiophene rings is 1. The molecule has 0 radical (unpaired) electrons. The van der Waals surface area contributed by atoms with Gasteiger partial charge in [0.2, 0.25) is 5.91 Å². The van der Waals surface area contributed by atoms with Gasteiger partial charge in [0.25, 0.3) is 10.0 Å². The molecule has 0 spiro atoms. The summed E-state index contributed by atoms with van der Waals surface area (Å²) in [6.45, 7) is 0.269. The summed E-state index contributed by atoms with van der Waals surface area (Å²) in [5.74, 6) is -0.848. The standard InChI is InChI=1S/C20H18ClN3O5S3/c1-29-19(26)13-6-4-12(5-7-13)14-11-30-20(22-14)23-18(25)15-3-2-10-24(15)32(27,28)17-9-8-16(21)31-17/h4-9,11,15H,2-3,10H2,1H3,(H,22,23,25). The van der Waals surface area contributed by atoms with Crippen molar-refractivity contribution >= 4 is 61.3 Å². The number of anilines is 1. The van der Waals surface area contributed by atoms with Crippen molar-refractivity contribution in [3.63, 3.8) is 0 Å². The molecule has 1 amide bonds. The van der Waals surface area contributed by atoms with Gasteiger partial charge in [0.05, 0.1) is 22.7 Å². The quantitative estimate of drug-likeness (QED) is 0.499. The van der Waals surface area contributed by atoms with Crippen LogP contribution in [0.2, 0.25) is 4.34 Å². The third-order valence-corrected chi connectivity index (χ3v) is 9.32. The summed E-state index contributed by atoms with van der Waals surface area (Å²) in [5, 5.41) is 4.88. The van der Waals surface area contributed by atoms with Gasteiger partial charge in [0.15, 0.2) is 5.13 Å². The van der Waals surface area contributed by atoms with Gasteiger partial charge in [-0.15, -0.1) is 22.7 Å². The molecule has 8 nitrogen and oxygen atoms in total. The maximum atomic E-state index is 13.0. The van der Waals surface area contributed by atoms with Crippen LogP contribution in [0.15, 0.2) is 46.0 Å². The van der Waals surface area contributed by atoms with Crippen LogP contribution in [0.4, 0.5) is 5.13 Å². The lowest BCUT2D eigenvalue weighted by Gasteiger charge is -2.22. The van der Waals surface area contributed by atoms with Crippen LogP contribution in [0.1, 0.15) is 23.2 Å². The molecular weight excluding hydrogens is 494 g/mol. The molecule has 0 bridgehead atoms. The first-order chi connectivity index (χ1) is 15.3. The number of carbonyl (C=O) groups excluding carboxylic acids is 2. The summed E-state index contributed by atoms with van der Waals surface area (Å²) in [5.41, 5.74) is 1.83. The van der Waals surface area contributed by atoms with E-state index in [1.807, 2.05) is 0 Å². The van der Waals surface area contributed by atoms with Crippen LogP contribution in [-0.4, -0.2) is 49.3 Å². The number of hydrogen-bond donors (Lipinski definition) is 1. The minimum Gasteiger partial charge on any atom is -0.465 e. The second-order valence-electron chi connectivity index (χ2n) is 6.93. The zero-order valence-corrected chi connectivity index (χ0v) is 20.0. The topological polar surface area (TPSA) is 106 Å². The largest absolute Gasteiger partial charge is 0.465 e. The fraction of sp³-hybridized carbons (Fsp3) is 0.250. The van der Waals surface area contributed by atoms with E-state index >= 15 is 0 Å². The van der Waals surface area contributed by atoms with Gasteiger partial charge in [-0.2, -0.15) is 4.31 Å². The number of aromatic nitrogens is 1. The second kappa shape index (κ2) is 9.28. The number of thiazole rings is 1. The first-order valence-electron chi connectivity index (χ1n) is 9.52. The highest BCUT2D eigenvalue weighted by Gasteiger charge is 2.40. The Morgan fingerprint density at radius 1 is 1.22 bits per heavy atom. The van der Waals surface area contributed by atoms with Gasteiger partial charge in [0.1, 0.15) is 10.3 Å². The van der Waals surface area contributed by atoms with E-state index in [9.17, 15) is 18.0 Å². The Balaban J connectivity index is 1.47. The molecule has 1 atom stereocenters. The average molecular weight is 512 g/mol. The maximum absolute atomic E-state index is 13.0. The lowest BCUT2D eigenvalue weighted by molar-refractivity contribution is -0.119. The third-order valence-electron chi connectivity index (χ3n) is 4.95. The molecule has 0 saturated carbocycles. The van der Waals surface area contributed by atoms with Crippen molar-refractivity contribution < 1.29 is 22.7 Å². The van der Waals surface area contributed by atoms with E-state index < -0.39 is 27.9 Å². The third kappa shape index (κ3) is 4.57. The molecule has 1 aliphatic heterocycles. The predicted octanol–water partition coefficient (Wildman–Crippen LogP) is 4.10. The Bertz CT molecular complexity index is 1250. The number of hydrogen-bond acceptors (Lipinski definition) is 8. The van der Waals surface area contributed by atoms with Crippen LogP contribution in [0.5, 0.6) is 0 Å². The molecule has 4 rings (SSSR count). The van der Waals surface area contributed by atoms with Gasteiger partial charge in [0, 0.05) is 17.5 Å². The number of ether oxygens (including phenoxy) is 1. The highest BCUT2D eigenvalue weighted by atomic mass is 35.5. The molecule has 32 heavy (non-hydrogen) atoms. The summed E-state index contributed by atoms with van der Waals surface area (Å²) in [6, 6.07) is 8.92. The molecule has 1 aromatic carbocycles. The monoisotopic (exact) mass is 511 g/mol. The van der Waals surface area contributed by atoms with Crippen molar-refractivity contribution in [1.82, 2.24) is 9.29 Å². The fourth-order valence-corrected chi connectivity index (χ4v) is 7.38. The van der Waals surface area contributed by atoms with Gasteiger partial charge in [-0.3, -0.25) is 4.79 Å². The number of nitrogens with zero attached hydrogens (tertiary/aromatic N) is 2. The second-order valence-corrected chi connectivity index (χ2v) is 11.6. The highest BCUT2D eigenvalue weighted by Crippen LogP contribution is 2.33. The zero-order chi connectivity index (χ0) is 22.9. The molecule has 3 aromatic rings. The van der Waals surface area contributed by atoms with E-state index in [2.05, 4.69) is 15.0 Å². The van der Waals surface area contributed by atoms with E-state index in [1.54, 1.807) is 29.6 Å². The Labute approximate surface area is 197 Å². The molecule has 168 valence electrons. The number of carbonyl (C=O) groups is 2. The van der Waals surface area contributed by atoms with Crippen LogP contribution in [0, 0.1) is 0 Å². The maximum Gasteiger partial charge on any atom is 0.337 e. The first kappa shape index (κ1) is 22.9. The van der Waals surface area contributed by atoms with Crippen molar-refractivity contribution in [2.45, 2.75) is 23.1 Å². The first-order valence-corrected chi connectivity index (χ1v) is 13.0. The normalized spacial score (nSPS) is 16.8. The molecule has 0 aliphatic carbocycles. The average Bonchev–Trinajstić information content (AvgIpc) is 3.54. The Kier molecular flexibility index (Phi) is 6.63. The summed E-state index contributed by atoms with van der Waals surface area (Å²) in [4.78, 5) is 28.9. The number of sulfonamides is 1. The number of nitrogens with one attached hydrogen (secondary N) is 1. The lowest BCUT2D eigenvalue weighted by Crippen LogP contribution is -2.42. The molecular formula is C20H18ClN3O5S3. The Morgan fingerprint density at radius 3 is 2.62 bits per heavy atom. The van der Waals surface area contributed by atoms with Crippen molar-refractivity contribution in [3.05, 3.63) is 51.7 Å². The SMILES string of the molecule is COC(=O)c1ccc(-c2csc(NC(=O)C3CCCN3S(=O)(=O)c3ccc(Cl)s3)n2)cc1. The minimum atomic E-state index is -3.80. The van der Waals surface area contributed by atoms with Gasteiger partial charge < -0.3 is 10.1 Å². The van der Waals surface area contributed by atoms with Crippen molar-refractivity contribution in [2.24, 2.45) is 0 Å². The highest BCUT2D eigenvalue weighted by molar-refractivity contribution is 7.91. The van der Waals surface area contributed by atoms with Crippen LogP contribution in [-0.2, 0) is 19.6 Å². The van der Waals surface area contributed by atoms with Crippen molar-refractivity contribution in [3.8, 4) is 11.3 Å². The molecule has 1 saturated heterocycles. The molecule has 1 unspecified atom stereocenters. The number of halogens is 1. The van der Waals surface area contributed by atoms with E-state index in [4.69, 9.17) is 11.6 Å². The molecule has 3 heterocycles. The van der Waals surface area contributed by atoms with Gasteiger partial charge >= 0.3 is 5.97 Å².